The van der Waals surface area contributed by atoms with Gasteiger partial charge in [-0.25, -0.2) is 9.36 Å². The Hall–Kier alpha value is -3.96. The molecule has 0 saturated heterocycles. The van der Waals surface area contributed by atoms with Crippen molar-refractivity contribution < 1.29 is 9.53 Å². The molecule has 4 rings (SSSR count). The van der Waals surface area contributed by atoms with E-state index in [1.165, 1.54) is 23.0 Å². The highest BCUT2D eigenvalue weighted by Crippen LogP contribution is 2.25. The zero-order valence-electron chi connectivity index (χ0n) is 18.2. The third kappa shape index (κ3) is 4.23. The fourth-order valence-electron chi connectivity index (χ4n) is 3.70. The number of hydrogen-bond acceptors (Lipinski definition) is 6. The highest BCUT2D eigenvalue weighted by Gasteiger charge is 2.18. The maximum absolute atomic E-state index is 13.2. The summed E-state index contributed by atoms with van der Waals surface area (Å²) in [5.74, 6) is -0.661. The summed E-state index contributed by atoms with van der Waals surface area (Å²) in [6.45, 7) is 1.78. The van der Waals surface area contributed by atoms with Gasteiger partial charge < -0.3 is 4.74 Å². The number of carbonyl (C=O) groups excluding carboxylic acids is 1. The van der Waals surface area contributed by atoms with Crippen molar-refractivity contribution in [2.45, 2.75) is 26.4 Å². The van der Waals surface area contributed by atoms with Crippen LogP contribution in [0.3, 0.4) is 0 Å². The van der Waals surface area contributed by atoms with Crippen molar-refractivity contribution in [3.63, 3.8) is 0 Å². The summed E-state index contributed by atoms with van der Waals surface area (Å²) in [5, 5.41) is 9.78. The van der Waals surface area contributed by atoms with Crippen LogP contribution in [0.2, 0.25) is 0 Å². The second-order valence-electron chi connectivity index (χ2n) is 7.48. The summed E-state index contributed by atoms with van der Waals surface area (Å²) in [6, 6.07) is 19.0. The summed E-state index contributed by atoms with van der Waals surface area (Å²) >= 11 is 1.41. The quantitative estimate of drug-likeness (QED) is 0.411. The maximum Gasteiger partial charge on any atom is 0.332 e. The molecule has 4 aromatic rings. The minimum Gasteiger partial charge on any atom is -0.468 e. The van der Waals surface area contributed by atoms with Crippen molar-refractivity contribution in [2.75, 3.05) is 7.11 Å². The van der Waals surface area contributed by atoms with Crippen LogP contribution in [0.4, 0.5) is 0 Å². The van der Waals surface area contributed by atoms with Crippen LogP contribution in [0.15, 0.2) is 64.2 Å². The standard InChI is InChI=1S/C25H21N3O4S/c1-3-19-12-21-23(30)27(15-22(29)32-2)25(31)28(24(21)33-19)14-16-8-10-17(11-9-16)20-7-5-4-6-18(20)13-26/h4-12H,3,14-15H2,1-2H3. The number of carbonyl (C=O) groups is 1. The molecule has 2 aromatic heterocycles. The molecule has 7 nitrogen and oxygen atoms in total. The van der Waals surface area contributed by atoms with E-state index in [9.17, 15) is 19.6 Å². The van der Waals surface area contributed by atoms with Crippen molar-refractivity contribution in [1.82, 2.24) is 9.13 Å². The zero-order chi connectivity index (χ0) is 23.5. The molecule has 0 radical (unpaired) electrons. The molecule has 0 aliphatic carbocycles. The molecule has 166 valence electrons. The van der Waals surface area contributed by atoms with Crippen LogP contribution < -0.4 is 11.2 Å². The Bertz CT molecular complexity index is 1500. The molecule has 0 amide bonds. The van der Waals surface area contributed by atoms with Crippen molar-refractivity contribution in [3.8, 4) is 17.2 Å². The van der Waals surface area contributed by atoms with E-state index in [-0.39, 0.29) is 6.54 Å². The number of benzene rings is 2. The molecule has 0 bridgehead atoms. The van der Waals surface area contributed by atoms with Gasteiger partial charge >= 0.3 is 11.7 Å². The fourth-order valence-corrected chi connectivity index (χ4v) is 4.78. The monoisotopic (exact) mass is 459 g/mol. The molecule has 0 fully saturated rings. The second-order valence-corrected chi connectivity index (χ2v) is 8.59. The summed E-state index contributed by atoms with van der Waals surface area (Å²) < 4.78 is 7.13. The van der Waals surface area contributed by atoms with Gasteiger partial charge in [0, 0.05) is 4.88 Å². The van der Waals surface area contributed by atoms with E-state index in [1.54, 1.807) is 12.1 Å². The minimum atomic E-state index is -0.661. The lowest BCUT2D eigenvalue weighted by Gasteiger charge is -2.12. The summed E-state index contributed by atoms with van der Waals surface area (Å²) in [5.41, 5.74) is 2.13. The largest absolute Gasteiger partial charge is 0.468 e. The number of aryl methyl sites for hydroxylation is 1. The second kappa shape index (κ2) is 9.27. The molecule has 0 aliphatic heterocycles. The Morgan fingerprint density at radius 2 is 1.82 bits per heavy atom. The van der Waals surface area contributed by atoms with E-state index in [0.29, 0.717) is 15.8 Å². The molecule has 8 heteroatoms. The Labute approximate surface area is 193 Å². The Morgan fingerprint density at radius 1 is 1.09 bits per heavy atom. The van der Waals surface area contributed by atoms with Crippen LogP contribution in [0, 0.1) is 11.3 Å². The number of fused-ring (bicyclic) bond motifs is 1. The van der Waals surface area contributed by atoms with Crippen LogP contribution >= 0.6 is 11.3 Å². The van der Waals surface area contributed by atoms with E-state index in [2.05, 4.69) is 10.8 Å². The van der Waals surface area contributed by atoms with Gasteiger partial charge in [0.2, 0.25) is 0 Å². The van der Waals surface area contributed by atoms with Crippen LogP contribution in [-0.2, 0) is 29.0 Å². The van der Waals surface area contributed by atoms with Gasteiger partial charge in [0.15, 0.2) is 0 Å². The summed E-state index contributed by atoms with van der Waals surface area (Å²) in [4.78, 5) is 39.5. The predicted molar refractivity (Wildman–Crippen MR) is 127 cm³/mol. The number of hydrogen-bond donors (Lipinski definition) is 0. The fraction of sp³-hybridized carbons (Fsp3) is 0.200. The first kappa shape index (κ1) is 22.2. The van der Waals surface area contributed by atoms with E-state index in [1.807, 2.05) is 49.4 Å². The van der Waals surface area contributed by atoms with Crippen LogP contribution in [0.1, 0.15) is 22.9 Å². The molecular weight excluding hydrogens is 438 g/mol. The van der Waals surface area contributed by atoms with Crippen LogP contribution in [0.5, 0.6) is 0 Å². The number of thiophene rings is 1. The number of ether oxygens (including phenoxy) is 1. The first-order valence-electron chi connectivity index (χ1n) is 10.4. The highest BCUT2D eigenvalue weighted by atomic mass is 32.1. The Kier molecular flexibility index (Phi) is 6.24. The highest BCUT2D eigenvalue weighted by molar-refractivity contribution is 7.18. The van der Waals surface area contributed by atoms with E-state index >= 15 is 0 Å². The number of methoxy groups -OCH3 is 1. The first-order chi connectivity index (χ1) is 16.0. The number of aromatic nitrogens is 2. The van der Waals surface area contributed by atoms with Gasteiger partial charge in [-0.2, -0.15) is 5.26 Å². The first-order valence-corrected chi connectivity index (χ1v) is 11.2. The van der Waals surface area contributed by atoms with Gasteiger partial charge in [0.1, 0.15) is 11.4 Å². The third-order valence-electron chi connectivity index (χ3n) is 5.46. The molecule has 2 aromatic carbocycles. The topological polar surface area (TPSA) is 94.1 Å². The van der Waals surface area contributed by atoms with Gasteiger partial charge in [0.05, 0.1) is 30.7 Å². The molecule has 0 saturated carbocycles. The lowest BCUT2D eigenvalue weighted by Crippen LogP contribution is -2.41. The lowest BCUT2D eigenvalue weighted by molar-refractivity contribution is -0.141. The van der Waals surface area contributed by atoms with Crippen LogP contribution in [-0.4, -0.2) is 22.2 Å². The van der Waals surface area contributed by atoms with Crippen LogP contribution in [0.25, 0.3) is 21.3 Å². The van der Waals surface area contributed by atoms with Gasteiger partial charge in [-0.15, -0.1) is 11.3 Å². The average molecular weight is 460 g/mol. The molecule has 0 atom stereocenters. The smallest absolute Gasteiger partial charge is 0.332 e. The normalized spacial score (nSPS) is 10.8. The van der Waals surface area contributed by atoms with Gasteiger partial charge in [-0.3, -0.25) is 14.2 Å². The minimum absolute atomic E-state index is 0.237. The molecule has 0 N–H and O–H groups in total. The molecule has 0 spiro atoms. The molecule has 0 unspecified atom stereocenters. The number of rotatable bonds is 6. The Morgan fingerprint density at radius 3 is 2.48 bits per heavy atom. The molecule has 2 heterocycles. The van der Waals surface area contributed by atoms with E-state index in [0.717, 1.165) is 32.6 Å². The maximum atomic E-state index is 13.2. The average Bonchev–Trinajstić information content (AvgIpc) is 3.29. The van der Waals surface area contributed by atoms with Gasteiger partial charge in [0.25, 0.3) is 5.56 Å². The molecule has 0 aliphatic rings. The van der Waals surface area contributed by atoms with Crippen molar-refractivity contribution in [1.29, 1.82) is 5.26 Å². The molecular formula is C25H21N3O4S. The SMILES string of the molecule is CCc1cc2c(=O)n(CC(=O)OC)c(=O)n(Cc3ccc(-c4ccccc4C#N)cc3)c2s1. The van der Waals surface area contributed by atoms with Gasteiger partial charge in [-0.1, -0.05) is 49.4 Å². The van der Waals surface area contributed by atoms with E-state index in [4.69, 9.17) is 0 Å². The molecule has 33 heavy (non-hydrogen) atoms. The predicted octanol–water partition coefficient (Wildman–Crippen LogP) is 3.55. The summed E-state index contributed by atoms with van der Waals surface area (Å²) in [6.07, 6.45) is 0.733. The zero-order valence-corrected chi connectivity index (χ0v) is 19.0. The van der Waals surface area contributed by atoms with Crippen molar-refractivity contribution in [3.05, 3.63) is 91.4 Å². The Balaban J connectivity index is 1.79. The number of nitrogens with zero attached hydrogens (tertiary/aromatic N) is 3. The van der Waals surface area contributed by atoms with Crippen molar-refractivity contribution in [2.24, 2.45) is 0 Å². The lowest BCUT2D eigenvalue weighted by atomic mass is 9.99. The van der Waals surface area contributed by atoms with Crippen molar-refractivity contribution >= 4 is 27.5 Å². The van der Waals surface area contributed by atoms with Gasteiger partial charge in [-0.05, 0) is 35.2 Å². The third-order valence-corrected chi connectivity index (χ3v) is 6.76. The number of esters is 1. The van der Waals surface area contributed by atoms with E-state index < -0.39 is 23.8 Å². The summed E-state index contributed by atoms with van der Waals surface area (Å²) in [7, 11) is 1.22. The number of nitriles is 1.